The molecule has 0 radical (unpaired) electrons. The van der Waals surface area contributed by atoms with Gasteiger partial charge in [0, 0.05) is 18.1 Å². The van der Waals surface area contributed by atoms with Crippen LogP contribution in [0.3, 0.4) is 0 Å². The van der Waals surface area contributed by atoms with Crippen LogP contribution in [0.25, 0.3) is 0 Å². The zero-order valence-electron chi connectivity index (χ0n) is 10.9. The molecule has 0 aromatic carbocycles. The normalized spacial score (nSPS) is 14.4. The molecule has 0 spiro atoms. The molecule has 0 aliphatic heterocycles. The zero-order valence-corrected chi connectivity index (χ0v) is 11.8. The lowest BCUT2D eigenvalue weighted by molar-refractivity contribution is -0.132. The van der Waals surface area contributed by atoms with Gasteiger partial charge in [-0.05, 0) is 12.8 Å². The lowest BCUT2D eigenvalue weighted by Gasteiger charge is -2.24. The van der Waals surface area contributed by atoms with Crippen LogP contribution in [0.15, 0.2) is 6.20 Å². The van der Waals surface area contributed by atoms with Gasteiger partial charge in [-0.15, -0.1) is 11.3 Å². The second kappa shape index (κ2) is 6.12. The molecule has 1 aromatic heterocycles. The van der Waals surface area contributed by atoms with Gasteiger partial charge < -0.3 is 10.6 Å². The van der Waals surface area contributed by atoms with Crippen molar-refractivity contribution >= 4 is 17.2 Å². The predicted molar refractivity (Wildman–Crippen MR) is 70.8 cm³/mol. The first-order chi connectivity index (χ1) is 7.95. The fourth-order valence-corrected chi connectivity index (χ4v) is 2.39. The van der Waals surface area contributed by atoms with E-state index in [1.807, 2.05) is 27.0 Å². The van der Waals surface area contributed by atoms with Crippen molar-refractivity contribution in [3.8, 4) is 0 Å². The summed E-state index contributed by atoms with van der Waals surface area (Å²) in [6.07, 6.45) is 2.74. The maximum atomic E-state index is 12.0. The SMILES string of the molecule is CCC(C)C(N)C(=O)N(C)Cc1cnc(C)s1. The second-order valence-corrected chi connectivity index (χ2v) is 5.77. The van der Waals surface area contributed by atoms with Gasteiger partial charge in [0.05, 0.1) is 17.6 Å². The summed E-state index contributed by atoms with van der Waals surface area (Å²) in [5.41, 5.74) is 5.93. The molecule has 4 nitrogen and oxygen atoms in total. The summed E-state index contributed by atoms with van der Waals surface area (Å²) in [6.45, 7) is 6.60. The highest BCUT2D eigenvalue weighted by atomic mass is 32.1. The molecule has 0 saturated heterocycles. The van der Waals surface area contributed by atoms with E-state index in [1.165, 1.54) is 0 Å². The van der Waals surface area contributed by atoms with E-state index in [4.69, 9.17) is 5.73 Å². The Labute approximate surface area is 107 Å². The summed E-state index contributed by atoms with van der Waals surface area (Å²) < 4.78 is 0. The molecule has 1 heterocycles. The number of aromatic nitrogens is 1. The number of hydrogen-bond acceptors (Lipinski definition) is 4. The van der Waals surface area contributed by atoms with Gasteiger partial charge in [0.15, 0.2) is 0 Å². The van der Waals surface area contributed by atoms with Crippen molar-refractivity contribution in [2.45, 2.75) is 39.8 Å². The quantitative estimate of drug-likeness (QED) is 0.872. The Kier molecular flexibility index (Phi) is 5.08. The molecule has 5 heteroatoms. The van der Waals surface area contributed by atoms with Gasteiger partial charge in [-0.1, -0.05) is 20.3 Å². The van der Waals surface area contributed by atoms with Crippen molar-refractivity contribution in [3.63, 3.8) is 0 Å². The van der Waals surface area contributed by atoms with Gasteiger partial charge in [0.2, 0.25) is 5.91 Å². The van der Waals surface area contributed by atoms with Crippen molar-refractivity contribution < 1.29 is 4.79 Å². The van der Waals surface area contributed by atoms with Crippen molar-refractivity contribution in [2.75, 3.05) is 7.05 Å². The molecule has 0 fully saturated rings. The first kappa shape index (κ1) is 14.1. The highest BCUT2D eigenvalue weighted by Crippen LogP contribution is 2.15. The summed E-state index contributed by atoms with van der Waals surface area (Å²) >= 11 is 1.61. The summed E-state index contributed by atoms with van der Waals surface area (Å²) in [5.74, 6) is 0.221. The molecule has 96 valence electrons. The van der Waals surface area contributed by atoms with Gasteiger partial charge in [-0.2, -0.15) is 0 Å². The molecule has 1 aromatic rings. The molecule has 0 aliphatic carbocycles. The third kappa shape index (κ3) is 3.78. The molecule has 2 atom stereocenters. The number of thiazole rings is 1. The average molecular weight is 255 g/mol. The standard InChI is InChI=1S/C12H21N3OS/c1-5-8(2)11(13)12(16)15(4)7-10-6-14-9(3)17-10/h6,8,11H,5,7,13H2,1-4H3. The van der Waals surface area contributed by atoms with Crippen LogP contribution in [0, 0.1) is 12.8 Å². The van der Waals surface area contributed by atoms with Gasteiger partial charge in [-0.3, -0.25) is 4.79 Å². The highest BCUT2D eigenvalue weighted by molar-refractivity contribution is 7.11. The van der Waals surface area contributed by atoms with Gasteiger partial charge >= 0.3 is 0 Å². The zero-order chi connectivity index (χ0) is 13.0. The predicted octanol–water partition coefficient (Wildman–Crippen LogP) is 1.78. The fourth-order valence-electron chi connectivity index (χ4n) is 1.54. The topological polar surface area (TPSA) is 59.2 Å². The maximum absolute atomic E-state index is 12.0. The minimum atomic E-state index is -0.404. The van der Waals surface area contributed by atoms with E-state index in [1.54, 1.807) is 23.3 Å². The third-order valence-corrected chi connectivity index (χ3v) is 3.88. The number of amides is 1. The van der Waals surface area contributed by atoms with Gasteiger partial charge in [0.25, 0.3) is 0 Å². The fraction of sp³-hybridized carbons (Fsp3) is 0.667. The van der Waals surface area contributed by atoms with Crippen LogP contribution in [0.5, 0.6) is 0 Å². The average Bonchev–Trinajstić information content (AvgIpc) is 2.71. The Morgan fingerprint density at radius 3 is 2.76 bits per heavy atom. The molecule has 0 aliphatic rings. The Bertz CT molecular complexity index is 378. The van der Waals surface area contributed by atoms with Crippen LogP contribution in [0.4, 0.5) is 0 Å². The largest absolute Gasteiger partial charge is 0.339 e. The monoisotopic (exact) mass is 255 g/mol. The number of nitrogens with zero attached hydrogens (tertiary/aromatic N) is 2. The third-order valence-electron chi connectivity index (χ3n) is 2.98. The number of carbonyl (C=O) groups is 1. The summed E-state index contributed by atoms with van der Waals surface area (Å²) in [6, 6.07) is -0.404. The summed E-state index contributed by atoms with van der Waals surface area (Å²) in [7, 11) is 1.79. The lowest BCUT2D eigenvalue weighted by atomic mass is 9.99. The molecular formula is C12H21N3OS. The first-order valence-electron chi connectivity index (χ1n) is 5.87. The van der Waals surface area contributed by atoms with E-state index in [2.05, 4.69) is 4.98 Å². The van der Waals surface area contributed by atoms with E-state index in [9.17, 15) is 4.79 Å². The van der Waals surface area contributed by atoms with Crippen molar-refractivity contribution in [3.05, 3.63) is 16.1 Å². The van der Waals surface area contributed by atoms with E-state index < -0.39 is 6.04 Å². The van der Waals surface area contributed by atoms with E-state index >= 15 is 0 Å². The van der Waals surface area contributed by atoms with Gasteiger partial charge in [-0.25, -0.2) is 4.98 Å². The number of hydrogen-bond donors (Lipinski definition) is 1. The van der Waals surface area contributed by atoms with Crippen molar-refractivity contribution in [1.82, 2.24) is 9.88 Å². The Balaban J connectivity index is 2.58. The number of carbonyl (C=O) groups excluding carboxylic acids is 1. The van der Waals surface area contributed by atoms with Crippen LogP contribution < -0.4 is 5.73 Å². The Morgan fingerprint density at radius 1 is 1.65 bits per heavy atom. The van der Waals surface area contributed by atoms with E-state index in [0.29, 0.717) is 6.54 Å². The maximum Gasteiger partial charge on any atom is 0.239 e. The Morgan fingerprint density at radius 2 is 2.29 bits per heavy atom. The minimum absolute atomic E-state index is 0.00500. The first-order valence-corrected chi connectivity index (χ1v) is 6.69. The van der Waals surface area contributed by atoms with Crippen LogP contribution in [0.2, 0.25) is 0 Å². The molecule has 0 bridgehead atoms. The molecular weight excluding hydrogens is 234 g/mol. The van der Waals surface area contributed by atoms with Crippen molar-refractivity contribution in [1.29, 1.82) is 0 Å². The van der Waals surface area contributed by atoms with Crippen molar-refractivity contribution in [2.24, 2.45) is 11.7 Å². The van der Waals surface area contributed by atoms with Crippen LogP contribution in [-0.2, 0) is 11.3 Å². The number of rotatable bonds is 5. The van der Waals surface area contributed by atoms with Gasteiger partial charge in [0.1, 0.15) is 0 Å². The van der Waals surface area contributed by atoms with Crippen LogP contribution in [0.1, 0.15) is 30.2 Å². The smallest absolute Gasteiger partial charge is 0.239 e. The summed E-state index contributed by atoms with van der Waals surface area (Å²) in [4.78, 5) is 19.0. The molecule has 0 saturated carbocycles. The molecule has 1 amide bonds. The van der Waals surface area contributed by atoms with E-state index in [-0.39, 0.29) is 11.8 Å². The molecule has 17 heavy (non-hydrogen) atoms. The van der Waals surface area contributed by atoms with E-state index in [0.717, 1.165) is 16.3 Å². The second-order valence-electron chi connectivity index (χ2n) is 4.45. The number of aryl methyl sites for hydroxylation is 1. The Hall–Kier alpha value is -0.940. The minimum Gasteiger partial charge on any atom is -0.339 e. The molecule has 1 rings (SSSR count). The molecule has 2 N–H and O–H groups in total. The van der Waals surface area contributed by atoms with Crippen LogP contribution >= 0.6 is 11.3 Å². The number of likely N-dealkylation sites (N-methyl/N-ethyl adjacent to an activating group) is 1. The van der Waals surface area contributed by atoms with Crippen LogP contribution in [-0.4, -0.2) is 28.9 Å². The summed E-state index contributed by atoms with van der Waals surface area (Å²) in [5, 5.41) is 1.02. The molecule has 2 unspecified atom stereocenters. The highest BCUT2D eigenvalue weighted by Gasteiger charge is 2.23. The number of nitrogens with two attached hydrogens (primary N) is 1. The lowest BCUT2D eigenvalue weighted by Crippen LogP contribution is -2.45.